The summed E-state index contributed by atoms with van der Waals surface area (Å²) in [4.78, 5) is 25.9. The molecule has 1 fully saturated rings. The molecule has 4 N–H and O–H groups in total. The molecular weight excluding hydrogens is 340 g/mol. The molecule has 6 nitrogen and oxygen atoms in total. The average molecular weight is 369 g/mol. The number of hydrogen-bond donors (Lipinski definition) is 3. The van der Waals surface area contributed by atoms with Gasteiger partial charge in [0.05, 0.1) is 0 Å². The number of likely N-dealkylation sites (tertiary alicyclic amines) is 1. The average Bonchev–Trinajstić information content (AvgIpc) is 2.55. The Morgan fingerprint density at radius 2 is 1.96 bits per heavy atom. The van der Waals surface area contributed by atoms with Gasteiger partial charge >= 0.3 is 6.03 Å². The number of halogens is 1. The number of rotatable bonds is 5. The summed E-state index contributed by atoms with van der Waals surface area (Å²) in [5, 5.41) is 5.06. The van der Waals surface area contributed by atoms with Gasteiger partial charge in [-0.2, -0.15) is 0 Å². The van der Waals surface area contributed by atoms with E-state index in [1.54, 1.807) is 0 Å². The molecule has 1 aliphatic heterocycles. The second-order valence-corrected chi connectivity index (χ2v) is 7.13. The SMILES string of the molecule is CC1(C)CN(CCC(=O)NC(=O)NCc2ccccc2)CCC1N.Cl. The van der Waals surface area contributed by atoms with Crippen molar-refractivity contribution < 1.29 is 9.59 Å². The fourth-order valence-corrected chi connectivity index (χ4v) is 2.95. The highest BCUT2D eigenvalue weighted by molar-refractivity contribution is 5.94. The van der Waals surface area contributed by atoms with Crippen LogP contribution in [0.5, 0.6) is 0 Å². The minimum Gasteiger partial charge on any atom is -0.334 e. The smallest absolute Gasteiger partial charge is 0.321 e. The molecule has 1 atom stereocenters. The number of carbonyl (C=O) groups excluding carboxylic acids is 2. The maximum Gasteiger partial charge on any atom is 0.321 e. The summed E-state index contributed by atoms with van der Waals surface area (Å²) in [7, 11) is 0. The van der Waals surface area contributed by atoms with Gasteiger partial charge in [0.2, 0.25) is 5.91 Å². The topological polar surface area (TPSA) is 87.5 Å². The molecule has 0 saturated carbocycles. The summed E-state index contributed by atoms with van der Waals surface area (Å²) in [6.07, 6.45) is 1.25. The molecule has 1 aromatic rings. The van der Waals surface area contributed by atoms with Gasteiger partial charge in [-0.1, -0.05) is 44.2 Å². The highest BCUT2D eigenvalue weighted by Gasteiger charge is 2.33. The molecule has 25 heavy (non-hydrogen) atoms. The number of imide groups is 1. The van der Waals surface area contributed by atoms with Crippen LogP contribution >= 0.6 is 12.4 Å². The van der Waals surface area contributed by atoms with Crippen molar-refractivity contribution >= 4 is 24.3 Å². The van der Waals surface area contributed by atoms with Gasteiger partial charge in [-0.25, -0.2) is 4.79 Å². The molecule has 1 aliphatic rings. The maximum atomic E-state index is 11.9. The number of nitrogens with zero attached hydrogens (tertiary/aromatic N) is 1. The van der Waals surface area contributed by atoms with E-state index >= 15 is 0 Å². The molecule has 2 rings (SSSR count). The van der Waals surface area contributed by atoms with Gasteiger partial charge < -0.3 is 16.0 Å². The zero-order valence-corrected chi connectivity index (χ0v) is 15.8. The quantitative estimate of drug-likeness (QED) is 0.740. The number of benzene rings is 1. The zero-order valence-electron chi connectivity index (χ0n) is 15.0. The molecule has 3 amide bonds. The van der Waals surface area contributed by atoms with Gasteiger partial charge in [0.15, 0.2) is 0 Å². The largest absolute Gasteiger partial charge is 0.334 e. The molecule has 1 saturated heterocycles. The van der Waals surface area contributed by atoms with Crippen LogP contribution < -0.4 is 16.4 Å². The number of carbonyl (C=O) groups is 2. The lowest BCUT2D eigenvalue weighted by molar-refractivity contribution is -0.120. The van der Waals surface area contributed by atoms with Gasteiger partial charge in [0.1, 0.15) is 0 Å². The second kappa shape index (κ2) is 9.75. The number of piperidine rings is 1. The summed E-state index contributed by atoms with van der Waals surface area (Å²) < 4.78 is 0. The van der Waals surface area contributed by atoms with Gasteiger partial charge in [0.25, 0.3) is 0 Å². The van der Waals surface area contributed by atoms with Crippen LogP contribution in [0.2, 0.25) is 0 Å². The predicted octanol–water partition coefficient (Wildman–Crippen LogP) is 1.88. The lowest BCUT2D eigenvalue weighted by atomic mass is 9.80. The lowest BCUT2D eigenvalue weighted by Crippen LogP contribution is -2.53. The summed E-state index contributed by atoms with van der Waals surface area (Å²) in [5.74, 6) is -0.256. The van der Waals surface area contributed by atoms with Crippen molar-refractivity contribution in [2.45, 2.75) is 39.3 Å². The second-order valence-electron chi connectivity index (χ2n) is 7.13. The Labute approximate surface area is 155 Å². The minimum atomic E-state index is -0.454. The van der Waals surface area contributed by atoms with E-state index in [2.05, 4.69) is 29.4 Å². The van der Waals surface area contributed by atoms with E-state index in [9.17, 15) is 9.59 Å². The molecule has 140 valence electrons. The minimum absolute atomic E-state index is 0. The Morgan fingerprint density at radius 1 is 1.28 bits per heavy atom. The summed E-state index contributed by atoms with van der Waals surface area (Å²) >= 11 is 0. The van der Waals surface area contributed by atoms with Crippen LogP contribution in [0.3, 0.4) is 0 Å². The molecule has 7 heteroatoms. The van der Waals surface area contributed by atoms with Crippen LogP contribution in [0.25, 0.3) is 0 Å². The molecule has 0 aliphatic carbocycles. The zero-order chi connectivity index (χ0) is 17.6. The van der Waals surface area contributed by atoms with Crippen molar-refractivity contribution in [2.75, 3.05) is 19.6 Å². The van der Waals surface area contributed by atoms with E-state index in [0.717, 1.165) is 25.1 Å². The van der Waals surface area contributed by atoms with Crippen LogP contribution in [-0.4, -0.2) is 42.5 Å². The Bertz CT molecular complexity index is 565. The van der Waals surface area contributed by atoms with E-state index in [1.807, 2.05) is 30.3 Å². The molecule has 1 aromatic carbocycles. The third kappa shape index (κ3) is 7.02. The van der Waals surface area contributed by atoms with E-state index < -0.39 is 6.03 Å². The number of nitrogens with two attached hydrogens (primary N) is 1. The first kappa shape index (κ1) is 21.4. The van der Waals surface area contributed by atoms with Crippen LogP contribution in [0.4, 0.5) is 4.79 Å². The van der Waals surface area contributed by atoms with Gasteiger partial charge in [0, 0.05) is 32.1 Å². The van der Waals surface area contributed by atoms with E-state index in [4.69, 9.17) is 5.73 Å². The van der Waals surface area contributed by atoms with Crippen molar-refractivity contribution in [1.82, 2.24) is 15.5 Å². The van der Waals surface area contributed by atoms with Crippen molar-refractivity contribution in [1.29, 1.82) is 0 Å². The summed E-state index contributed by atoms with van der Waals surface area (Å²) in [6, 6.07) is 9.33. The van der Waals surface area contributed by atoms with Gasteiger partial charge in [-0.15, -0.1) is 12.4 Å². The molecule has 0 radical (unpaired) electrons. The van der Waals surface area contributed by atoms with Gasteiger partial charge in [-0.3, -0.25) is 10.1 Å². The van der Waals surface area contributed by atoms with E-state index in [0.29, 0.717) is 19.5 Å². The van der Waals surface area contributed by atoms with Crippen LogP contribution in [-0.2, 0) is 11.3 Å². The Balaban J connectivity index is 0.00000312. The lowest BCUT2D eigenvalue weighted by Gasteiger charge is -2.42. The molecule has 0 aromatic heterocycles. The molecule has 0 spiro atoms. The van der Waals surface area contributed by atoms with E-state index in [1.165, 1.54) is 0 Å². The fraction of sp³-hybridized carbons (Fsp3) is 0.556. The monoisotopic (exact) mass is 368 g/mol. The first-order valence-corrected chi connectivity index (χ1v) is 8.46. The van der Waals surface area contributed by atoms with Crippen molar-refractivity contribution in [3.63, 3.8) is 0 Å². The standard InChI is InChI=1S/C18H28N4O2.ClH/c1-18(2)13-22(10-8-15(18)19)11-9-16(23)21-17(24)20-12-14-6-4-3-5-7-14;/h3-7,15H,8-13,19H2,1-2H3,(H2,20,21,23,24);1H. The number of hydrogen-bond acceptors (Lipinski definition) is 4. The first-order valence-electron chi connectivity index (χ1n) is 8.46. The number of urea groups is 1. The Hall–Kier alpha value is -1.63. The molecule has 1 unspecified atom stereocenters. The highest BCUT2D eigenvalue weighted by atomic mass is 35.5. The molecular formula is C18H29ClN4O2. The normalized spacial score (nSPS) is 19.6. The Morgan fingerprint density at radius 3 is 2.60 bits per heavy atom. The number of amides is 3. The molecule has 1 heterocycles. The van der Waals surface area contributed by atoms with Crippen molar-refractivity contribution in [3.8, 4) is 0 Å². The summed E-state index contributed by atoms with van der Waals surface area (Å²) in [5.41, 5.74) is 7.17. The fourth-order valence-electron chi connectivity index (χ4n) is 2.95. The van der Waals surface area contributed by atoms with Gasteiger partial charge in [-0.05, 0) is 23.9 Å². The Kier molecular flexibility index (Phi) is 8.35. The maximum absolute atomic E-state index is 11.9. The van der Waals surface area contributed by atoms with E-state index in [-0.39, 0.29) is 29.8 Å². The third-order valence-corrected chi connectivity index (χ3v) is 4.60. The first-order chi connectivity index (χ1) is 11.4. The molecule has 0 bridgehead atoms. The van der Waals surface area contributed by atoms with Crippen LogP contribution in [0.1, 0.15) is 32.3 Å². The van der Waals surface area contributed by atoms with Crippen molar-refractivity contribution in [3.05, 3.63) is 35.9 Å². The number of nitrogens with one attached hydrogen (secondary N) is 2. The third-order valence-electron chi connectivity index (χ3n) is 4.60. The van der Waals surface area contributed by atoms with Crippen molar-refractivity contribution in [2.24, 2.45) is 11.1 Å². The highest BCUT2D eigenvalue weighted by Crippen LogP contribution is 2.27. The predicted molar refractivity (Wildman–Crippen MR) is 101 cm³/mol. The van der Waals surface area contributed by atoms with Crippen LogP contribution in [0.15, 0.2) is 30.3 Å². The summed E-state index contributed by atoms with van der Waals surface area (Å²) in [6.45, 7) is 7.13. The van der Waals surface area contributed by atoms with Crippen LogP contribution in [0, 0.1) is 5.41 Å².